The van der Waals surface area contributed by atoms with E-state index < -0.39 is 21.1 Å². The molecule has 0 saturated carbocycles. The molecule has 1 atom stereocenters. The Morgan fingerprint density at radius 1 is 1.29 bits per heavy atom. The maximum Gasteiger partial charge on any atom is 0.335 e. The van der Waals surface area contributed by atoms with E-state index in [-0.39, 0.29) is 17.7 Å². The maximum absolute atomic E-state index is 12.4. The van der Waals surface area contributed by atoms with Gasteiger partial charge in [-0.05, 0) is 24.1 Å². The predicted molar refractivity (Wildman–Crippen MR) is 85.4 cm³/mol. The molecule has 130 valence electrons. The second-order valence-electron chi connectivity index (χ2n) is 5.61. The van der Waals surface area contributed by atoms with E-state index in [0.29, 0.717) is 11.3 Å². The van der Waals surface area contributed by atoms with Crippen molar-refractivity contribution in [2.75, 3.05) is 13.4 Å². The van der Waals surface area contributed by atoms with E-state index in [9.17, 15) is 13.2 Å². The van der Waals surface area contributed by atoms with E-state index in [2.05, 4.69) is 15.5 Å². The number of rotatable bonds is 6. The highest BCUT2D eigenvalue weighted by molar-refractivity contribution is 7.90. The first kappa shape index (κ1) is 17.9. The Morgan fingerprint density at radius 3 is 2.54 bits per heavy atom. The van der Waals surface area contributed by atoms with E-state index in [4.69, 9.17) is 9.15 Å². The van der Waals surface area contributed by atoms with Crippen LogP contribution in [0.2, 0.25) is 0 Å². The SMILES string of the molecule is COc1cccc(C(=O)N[C@H](c2nnc(S(C)(=O)=O)o2)C(C)C)c1. The molecule has 1 N–H and O–H groups in total. The standard InChI is InChI=1S/C15H19N3O5S/c1-9(2)12(14-17-18-15(23-14)24(4,20)21)16-13(19)10-6-5-7-11(8-10)22-3/h5-9,12H,1-4H3,(H,16,19)/t12-/m0/s1. The molecule has 0 spiro atoms. The summed E-state index contributed by atoms with van der Waals surface area (Å²) in [5.41, 5.74) is 0.405. The van der Waals surface area contributed by atoms with Crippen LogP contribution in [0.5, 0.6) is 5.75 Å². The number of sulfone groups is 1. The molecule has 0 fully saturated rings. The van der Waals surface area contributed by atoms with E-state index in [0.717, 1.165) is 6.26 Å². The third-order valence-electron chi connectivity index (χ3n) is 3.29. The Balaban J connectivity index is 2.25. The lowest BCUT2D eigenvalue weighted by Crippen LogP contribution is -2.32. The predicted octanol–water partition coefficient (Wildman–Crippen LogP) is 1.61. The van der Waals surface area contributed by atoms with Gasteiger partial charge in [0, 0.05) is 11.8 Å². The smallest absolute Gasteiger partial charge is 0.335 e. The Hall–Kier alpha value is -2.42. The van der Waals surface area contributed by atoms with E-state index in [1.807, 2.05) is 13.8 Å². The van der Waals surface area contributed by atoms with Crippen LogP contribution in [0.3, 0.4) is 0 Å². The Bertz CT molecular complexity index is 829. The molecule has 0 radical (unpaired) electrons. The molecule has 0 saturated heterocycles. The highest BCUT2D eigenvalue weighted by Gasteiger charge is 2.27. The van der Waals surface area contributed by atoms with Gasteiger partial charge in [-0.25, -0.2) is 8.42 Å². The number of carbonyl (C=O) groups is 1. The molecule has 0 bridgehead atoms. The first-order chi connectivity index (χ1) is 11.2. The molecule has 0 aliphatic rings. The van der Waals surface area contributed by atoms with E-state index in [1.54, 1.807) is 24.3 Å². The third-order valence-corrected chi connectivity index (χ3v) is 4.09. The summed E-state index contributed by atoms with van der Waals surface area (Å²) in [6, 6.07) is 6.05. The van der Waals surface area contributed by atoms with Crippen molar-refractivity contribution in [1.29, 1.82) is 0 Å². The summed E-state index contributed by atoms with van der Waals surface area (Å²) in [5, 5.41) is 9.58. The van der Waals surface area contributed by atoms with Crippen molar-refractivity contribution in [2.24, 2.45) is 5.92 Å². The number of benzene rings is 1. The number of ether oxygens (including phenoxy) is 1. The molecule has 9 heteroatoms. The molecule has 1 amide bonds. The van der Waals surface area contributed by atoms with Crippen molar-refractivity contribution in [3.8, 4) is 5.75 Å². The van der Waals surface area contributed by atoms with Crippen molar-refractivity contribution in [1.82, 2.24) is 15.5 Å². The normalized spacial score (nSPS) is 12.9. The number of hydrogen-bond donors (Lipinski definition) is 1. The van der Waals surface area contributed by atoms with Gasteiger partial charge in [0.1, 0.15) is 11.8 Å². The van der Waals surface area contributed by atoms with Crippen molar-refractivity contribution >= 4 is 15.7 Å². The molecule has 1 aromatic heterocycles. The molecule has 1 heterocycles. The number of nitrogens with zero attached hydrogens (tertiary/aromatic N) is 2. The molecule has 8 nitrogen and oxygen atoms in total. The van der Waals surface area contributed by atoms with Crippen LogP contribution in [-0.2, 0) is 9.84 Å². The Kier molecular flexibility index (Phi) is 5.23. The van der Waals surface area contributed by atoms with Gasteiger partial charge in [0.25, 0.3) is 5.91 Å². The lowest BCUT2D eigenvalue weighted by atomic mass is 10.0. The lowest BCUT2D eigenvalue weighted by molar-refractivity contribution is 0.0914. The summed E-state index contributed by atoms with van der Waals surface area (Å²) in [6.07, 6.45) is 0.976. The summed E-state index contributed by atoms with van der Waals surface area (Å²) >= 11 is 0. The zero-order chi connectivity index (χ0) is 17.9. The van der Waals surface area contributed by atoms with Crippen molar-refractivity contribution in [3.63, 3.8) is 0 Å². The number of carbonyl (C=O) groups excluding carboxylic acids is 1. The Morgan fingerprint density at radius 2 is 2.00 bits per heavy atom. The number of nitrogens with one attached hydrogen (secondary N) is 1. The van der Waals surface area contributed by atoms with Crippen LogP contribution in [0, 0.1) is 5.92 Å². The molecule has 0 unspecified atom stereocenters. The summed E-state index contributed by atoms with van der Waals surface area (Å²) in [5.74, 6) is 0.154. The lowest BCUT2D eigenvalue weighted by Gasteiger charge is -2.18. The first-order valence-corrected chi connectivity index (χ1v) is 9.10. The third kappa shape index (κ3) is 4.10. The quantitative estimate of drug-likeness (QED) is 0.839. The average molecular weight is 353 g/mol. The van der Waals surface area contributed by atoms with Gasteiger partial charge in [0.2, 0.25) is 15.7 Å². The summed E-state index contributed by atoms with van der Waals surface area (Å²) < 4.78 is 33.2. The molecule has 1 aromatic carbocycles. The minimum Gasteiger partial charge on any atom is -0.497 e. The second kappa shape index (κ2) is 7.00. The van der Waals surface area contributed by atoms with Crippen molar-refractivity contribution < 1.29 is 22.4 Å². The first-order valence-electron chi connectivity index (χ1n) is 7.20. The second-order valence-corrected chi connectivity index (χ2v) is 7.50. The molecule has 24 heavy (non-hydrogen) atoms. The monoisotopic (exact) mass is 353 g/mol. The minimum absolute atomic E-state index is 0.0432. The molecular weight excluding hydrogens is 334 g/mol. The van der Waals surface area contributed by atoms with E-state index >= 15 is 0 Å². The molecule has 2 aromatic rings. The van der Waals surface area contributed by atoms with Crippen LogP contribution >= 0.6 is 0 Å². The summed E-state index contributed by atoms with van der Waals surface area (Å²) in [7, 11) is -2.09. The van der Waals surface area contributed by atoms with Gasteiger partial charge in [-0.2, -0.15) is 0 Å². The molecule has 2 rings (SSSR count). The molecule has 0 aliphatic heterocycles. The van der Waals surface area contributed by atoms with Gasteiger partial charge < -0.3 is 14.5 Å². The average Bonchev–Trinajstić information content (AvgIpc) is 3.02. The van der Waals surface area contributed by atoms with Crippen LogP contribution < -0.4 is 10.1 Å². The van der Waals surface area contributed by atoms with Crippen LogP contribution in [-0.4, -0.2) is 37.9 Å². The van der Waals surface area contributed by atoms with Gasteiger partial charge in [0.15, 0.2) is 0 Å². The number of aromatic nitrogens is 2. The van der Waals surface area contributed by atoms with Crippen LogP contribution in [0.1, 0.15) is 36.1 Å². The number of hydrogen-bond acceptors (Lipinski definition) is 7. The van der Waals surface area contributed by atoms with Crippen LogP contribution in [0.4, 0.5) is 0 Å². The fraction of sp³-hybridized carbons (Fsp3) is 0.400. The van der Waals surface area contributed by atoms with Crippen molar-refractivity contribution in [3.05, 3.63) is 35.7 Å². The topological polar surface area (TPSA) is 111 Å². The Labute approximate surface area is 140 Å². The zero-order valence-corrected chi connectivity index (χ0v) is 14.6. The minimum atomic E-state index is -3.60. The van der Waals surface area contributed by atoms with Crippen LogP contribution in [0.25, 0.3) is 0 Å². The van der Waals surface area contributed by atoms with E-state index in [1.165, 1.54) is 7.11 Å². The van der Waals surface area contributed by atoms with Gasteiger partial charge in [-0.3, -0.25) is 4.79 Å². The fourth-order valence-electron chi connectivity index (χ4n) is 2.00. The highest BCUT2D eigenvalue weighted by atomic mass is 32.2. The van der Waals surface area contributed by atoms with Crippen molar-refractivity contribution in [2.45, 2.75) is 25.1 Å². The summed E-state index contributed by atoms with van der Waals surface area (Å²) in [6.45, 7) is 3.70. The zero-order valence-electron chi connectivity index (χ0n) is 13.8. The molecule has 0 aliphatic carbocycles. The maximum atomic E-state index is 12.4. The number of methoxy groups -OCH3 is 1. The van der Waals surface area contributed by atoms with Crippen LogP contribution in [0.15, 0.2) is 33.9 Å². The molecular formula is C15H19N3O5S. The summed E-state index contributed by atoms with van der Waals surface area (Å²) in [4.78, 5) is 12.4. The largest absolute Gasteiger partial charge is 0.497 e. The highest BCUT2D eigenvalue weighted by Crippen LogP contribution is 2.23. The van der Waals surface area contributed by atoms with Gasteiger partial charge in [-0.1, -0.05) is 25.0 Å². The van der Waals surface area contributed by atoms with Gasteiger partial charge in [-0.15, -0.1) is 5.10 Å². The van der Waals surface area contributed by atoms with Gasteiger partial charge in [0.05, 0.1) is 7.11 Å². The van der Waals surface area contributed by atoms with Gasteiger partial charge >= 0.3 is 5.22 Å². The fourth-order valence-corrected chi connectivity index (χ4v) is 2.42. The number of amides is 1.